The van der Waals surface area contributed by atoms with Gasteiger partial charge in [-0.2, -0.15) is 5.10 Å². The molecule has 6 heteroatoms. The molecule has 6 nitrogen and oxygen atoms in total. The van der Waals surface area contributed by atoms with Crippen molar-refractivity contribution in [3.8, 4) is 5.95 Å². The van der Waals surface area contributed by atoms with E-state index < -0.39 is 5.97 Å². The van der Waals surface area contributed by atoms with Gasteiger partial charge in [0.05, 0.1) is 6.61 Å². The minimum absolute atomic E-state index is 0.291. The third kappa shape index (κ3) is 2.30. The summed E-state index contributed by atoms with van der Waals surface area (Å²) < 4.78 is 6.36. The zero-order valence-electron chi connectivity index (χ0n) is 9.62. The molecule has 0 aliphatic carbocycles. The molecule has 0 unspecified atom stereocenters. The normalized spacial score (nSPS) is 10.2. The first-order valence-electron chi connectivity index (χ1n) is 5.23. The molecule has 2 heterocycles. The summed E-state index contributed by atoms with van der Waals surface area (Å²) in [6.07, 6.45) is 4.92. The zero-order valence-corrected chi connectivity index (χ0v) is 9.62. The molecule has 0 saturated heterocycles. The Hall–Kier alpha value is -2.24. The van der Waals surface area contributed by atoms with Crippen LogP contribution in [0.2, 0.25) is 0 Å². The minimum atomic E-state index is -0.431. The lowest BCUT2D eigenvalue weighted by molar-refractivity contribution is 0.0518. The van der Waals surface area contributed by atoms with Gasteiger partial charge in [-0.3, -0.25) is 0 Å². The van der Waals surface area contributed by atoms with Crippen LogP contribution in [-0.2, 0) is 4.74 Å². The van der Waals surface area contributed by atoms with Crippen molar-refractivity contribution < 1.29 is 9.53 Å². The zero-order chi connectivity index (χ0) is 12.3. The molecule has 0 bridgehead atoms. The summed E-state index contributed by atoms with van der Waals surface area (Å²) in [7, 11) is 0. The van der Waals surface area contributed by atoms with Gasteiger partial charge in [0, 0.05) is 24.2 Å². The Labute approximate surface area is 98.3 Å². The lowest BCUT2D eigenvalue weighted by Gasteiger charge is -1.98. The van der Waals surface area contributed by atoms with Crippen molar-refractivity contribution in [3.05, 3.63) is 35.9 Å². The van der Waals surface area contributed by atoms with Gasteiger partial charge >= 0.3 is 5.97 Å². The Morgan fingerprint density at radius 2 is 2.12 bits per heavy atom. The molecule has 88 valence electrons. The van der Waals surface area contributed by atoms with Gasteiger partial charge in [-0.25, -0.2) is 19.4 Å². The molecule has 0 N–H and O–H groups in total. The van der Waals surface area contributed by atoms with E-state index in [1.165, 1.54) is 4.68 Å². The van der Waals surface area contributed by atoms with Gasteiger partial charge in [0.1, 0.15) is 0 Å². The molecular weight excluding hydrogens is 220 g/mol. The lowest BCUT2D eigenvalue weighted by Crippen LogP contribution is -2.08. The summed E-state index contributed by atoms with van der Waals surface area (Å²) in [5, 5.41) is 4.12. The number of nitrogens with zero attached hydrogens (tertiary/aromatic N) is 4. The van der Waals surface area contributed by atoms with Crippen LogP contribution in [0.1, 0.15) is 23.0 Å². The van der Waals surface area contributed by atoms with Crippen molar-refractivity contribution in [3.63, 3.8) is 0 Å². The lowest BCUT2D eigenvalue weighted by atomic mass is 10.3. The molecule has 0 aromatic carbocycles. The van der Waals surface area contributed by atoms with Gasteiger partial charge in [0.2, 0.25) is 5.95 Å². The van der Waals surface area contributed by atoms with E-state index in [1.54, 1.807) is 38.5 Å². The second-order valence-electron chi connectivity index (χ2n) is 3.37. The topological polar surface area (TPSA) is 69.9 Å². The third-order valence-corrected chi connectivity index (χ3v) is 2.12. The Bertz CT molecular complexity index is 522. The molecule has 0 saturated carbocycles. The molecule has 2 rings (SSSR count). The average Bonchev–Trinajstić information content (AvgIpc) is 2.73. The maximum absolute atomic E-state index is 11.6. The standard InChI is InChI=1S/C11H12N4O2/c1-3-17-10(16)9-8(2)7-15(14-9)11-12-5-4-6-13-11/h4-7H,3H2,1-2H3. The van der Waals surface area contributed by atoms with Gasteiger partial charge in [-0.1, -0.05) is 0 Å². The van der Waals surface area contributed by atoms with Gasteiger partial charge in [-0.05, 0) is 19.9 Å². The summed E-state index contributed by atoms with van der Waals surface area (Å²) in [4.78, 5) is 19.7. The van der Waals surface area contributed by atoms with Crippen LogP contribution < -0.4 is 0 Å². The van der Waals surface area contributed by atoms with E-state index in [-0.39, 0.29) is 0 Å². The highest BCUT2D eigenvalue weighted by atomic mass is 16.5. The molecule has 0 fully saturated rings. The van der Waals surface area contributed by atoms with E-state index in [4.69, 9.17) is 4.74 Å². The highest BCUT2D eigenvalue weighted by Gasteiger charge is 2.16. The Kier molecular flexibility index (Phi) is 3.13. The average molecular weight is 232 g/mol. The fraction of sp³-hybridized carbons (Fsp3) is 0.273. The molecular formula is C11H12N4O2. The second kappa shape index (κ2) is 4.73. The smallest absolute Gasteiger partial charge is 0.359 e. The molecule has 0 amide bonds. The Balaban J connectivity index is 2.34. The first kappa shape index (κ1) is 11.3. The molecule has 0 aliphatic heterocycles. The highest BCUT2D eigenvalue weighted by Crippen LogP contribution is 2.09. The number of hydrogen-bond acceptors (Lipinski definition) is 5. The van der Waals surface area contributed by atoms with Crippen molar-refractivity contribution >= 4 is 5.97 Å². The van der Waals surface area contributed by atoms with Crippen LogP contribution >= 0.6 is 0 Å². The Morgan fingerprint density at radius 3 is 2.76 bits per heavy atom. The predicted molar refractivity (Wildman–Crippen MR) is 59.8 cm³/mol. The molecule has 17 heavy (non-hydrogen) atoms. The van der Waals surface area contributed by atoms with Gasteiger partial charge in [-0.15, -0.1) is 0 Å². The number of carbonyl (C=O) groups excluding carboxylic acids is 1. The van der Waals surface area contributed by atoms with E-state index in [0.717, 1.165) is 5.56 Å². The van der Waals surface area contributed by atoms with Crippen molar-refractivity contribution in [2.45, 2.75) is 13.8 Å². The van der Waals surface area contributed by atoms with E-state index in [1.807, 2.05) is 0 Å². The largest absolute Gasteiger partial charge is 0.461 e. The van der Waals surface area contributed by atoms with E-state index in [0.29, 0.717) is 18.2 Å². The number of aromatic nitrogens is 4. The first-order chi connectivity index (χ1) is 8.22. The van der Waals surface area contributed by atoms with Crippen LogP contribution in [0.5, 0.6) is 0 Å². The number of hydrogen-bond donors (Lipinski definition) is 0. The number of carbonyl (C=O) groups is 1. The summed E-state index contributed by atoms with van der Waals surface area (Å²) in [5.41, 5.74) is 1.02. The van der Waals surface area contributed by atoms with Gasteiger partial charge in [0.15, 0.2) is 5.69 Å². The number of rotatable bonds is 3. The van der Waals surface area contributed by atoms with Crippen molar-refractivity contribution in [2.24, 2.45) is 0 Å². The maximum atomic E-state index is 11.6. The van der Waals surface area contributed by atoms with Crippen LogP contribution in [-0.4, -0.2) is 32.3 Å². The van der Waals surface area contributed by atoms with E-state index in [2.05, 4.69) is 15.1 Å². The van der Waals surface area contributed by atoms with Crippen LogP contribution in [0.3, 0.4) is 0 Å². The summed E-state index contributed by atoms with van der Waals surface area (Å²) in [6.45, 7) is 3.87. The molecule has 2 aromatic heterocycles. The quantitative estimate of drug-likeness (QED) is 0.742. The van der Waals surface area contributed by atoms with Crippen molar-refractivity contribution in [1.29, 1.82) is 0 Å². The highest BCUT2D eigenvalue weighted by molar-refractivity contribution is 5.88. The van der Waals surface area contributed by atoms with Crippen molar-refractivity contribution in [2.75, 3.05) is 6.61 Å². The molecule has 0 aliphatic rings. The monoisotopic (exact) mass is 232 g/mol. The Morgan fingerprint density at radius 1 is 1.41 bits per heavy atom. The van der Waals surface area contributed by atoms with Gasteiger partial charge < -0.3 is 4.74 Å². The molecule has 0 atom stereocenters. The maximum Gasteiger partial charge on any atom is 0.359 e. The summed E-state index contributed by atoms with van der Waals surface area (Å²) in [6, 6.07) is 1.71. The van der Waals surface area contributed by atoms with Crippen LogP contribution in [0, 0.1) is 6.92 Å². The first-order valence-corrected chi connectivity index (χ1v) is 5.23. The van der Waals surface area contributed by atoms with Crippen molar-refractivity contribution in [1.82, 2.24) is 19.7 Å². The fourth-order valence-electron chi connectivity index (χ4n) is 1.37. The minimum Gasteiger partial charge on any atom is -0.461 e. The van der Waals surface area contributed by atoms with E-state index in [9.17, 15) is 4.79 Å². The van der Waals surface area contributed by atoms with Gasteiger partial charge in [0.25, 0.3) is 0 Å². The predicted octanol–water partition coefficient (Wildman–Crippen LogP) is 1.15. The summed E-state index contributed by atoms with van der Waals surface area (Å²) in [5.74, 6) is -0.00849. The number of aryl methyl sites for hydroxylation is 1. The fourth-order valence-corrected chi connectivity index (χ4v) is 1.37. The summed E-state index contributed by atoms with van der Waals surface area (Å²) >= 11 is 0. The third-order valence-electron chi connectivity index (χ3n) is 2.12. The van der Waals surface area contributed by atoms with Crippen LogP contribution in [0.25, 0.3) is 5.95 Å². The number of ether oxygens (including phenoxy) is 1. The SMILES string of the molecule is CCOC(=O)c1nn(-c2ncccn2)cc1C. The van der Waals surface area contributed by atoms with Crippen LogP contribution in [0.4, 0.5) is 0 Å². The molecule has 0 spiro atoms. The molecule has 0 radical (unpaired) electrons. The molecule has 2 aromatic rings. The second-order valence-corrected chi connectivity index (χ2v) is 3.37. The van der Waals surface area contributed by atoms with Crippen LogP contribution in [0.15, 0.2) is 24.7 Å². The number of esters is 1. The van der Waals surface area contributed by atoms with E-state index >= 15 is 0 Å².